The number of rotatable bonds is 7. The Morgan fingerprint density at radius 2 is 1.89 bits per heavy atom. The summed E-state index contributed by atoms with van der Waals surface area (Å²) in [5.74, 6) is -1.07. The van der Waals surface area contributed by atoms with E-state index < -0.39 is 11.8 Å². The first kappa shape index (κ1) is 19.7. The lowest BCUT2D eigenvalue weighted by molar-refractivity contribution is -0.139. The molecule has 2 amide bonds. The van der Waals surface area contributed by atoms with E-state index in [1.54, 1.807) is 0 Å². The summed E-state index contributed by atoms with van der Waals surface area (Å²) in [6.07, 6.45) is 12.3. The molecule has 2 aliphatic rings. The third-order valence-corrected chi connectivity index (χ3v) is 5.69. The molecule has 148 valence electrons. The molecule has 6 heteroatoms. The molecule has 1 saturated heterocycles. The Hall–Kier alpha value is -2.08. The van der Waals surface area contributed by atoms with Crippen molar-refractivity contribution < 1.29 is 9.59 Å². The standard InChI is InChI=1S/C21H32N4O2/c1-24-13-7-10-18(24)19(25-14-5-6-15-25)16-23-21(27)20(26)22-12-11-17-8-3-2-4-9-17/h7-8,10,13,19H,2-6,9,11-12,14-16H2,1H3,(H,22,26)(H,23,27). The van der Waals surface area contributed by atoms with Gasteiger partial charge in [0, 0.05) is 32.0 Å². The normalized spacial score (nSPS) is 18.8. The molecule has 6 nitrogen and oxygen atoms in total. The highest BCUT2D eigenvalue weighted by Gasteiger charge is 2.26. The van der Waals surface area contributed by atoms with Gasteiger partial charge in [0.15, 0.2) is 0 Å². The molecule has 3 rings (SSSR count). The van der Waals surface area contributed by atoms with E-state index in [0.717, 1.165) is 32.4 Å². The summed E-state index contributed by atoms with van der Waals surface area (Å²) in [6.45, 7) is 3.06. The second kappa shape index (κ2) is 9.74. The van der Waals surface area contributed by atoms with E-state index in [0.29, 0.717) is 13.1 Å². The molecule has 1 atom stereocenters. The largest absolute Gasteiger partial charge is 0.353 e. The minimum Gasteiger partial charge on any atom is -0.353 e. The van der Waals surface area contributed by atoms with E-state index in [1.165, 1.54) is 37.0 Å². The van der Waals surface area contributed by atoms with E-state index in [2.05, 4.69) is 32.2 Å². The Bertz CT molecular complexity index is 673. The molecule has 0 saturated carbocycles. The summed E-state index contributed by atoms with van der Waals surface area (Å²) in [5.41, 5.74) is 2.57. The van der Waals surface area contributed by atoms with Gasteiger partial charge in [-0.3, -0.25) is 14.5 Å². The van der Waals surface area contributed by atoms with Crippen LogP contribution in [-0.2, 0) is 16.6 Å². The maximum Gasteiger partial charge on any atom is 0.309 e. The molecule has 0 bridgehead atoms. The van der Waals surface area contributed by atoms with Crippen LogP contribution in [0.5, 0.6) is 0 Å². The number of likely N-dealkylation sites (tertiary alicyclic amines) is 1. The first-order chi connectivity index (χ1) is 13.1. The first-order valence-electron chi connectivity index (χ1n) is 10.2. The molecule has 2 N–H and O–H groups in total. The Morgan fingerprint density at radius 1 is 1.11 bits per heavy atom. The monoisotopic (exact) mass is 372 g/mol. The Labute approximate surface area is 162 Å². The molecule has 27 heavy (non-hydrogen) atoms. The quantitative estimate of drug-likeness (QED) is 0.570. The van der Waals surface area contributed by atoms with E-state index in [1.807, 2.05) is 19.3 Å². The van der Waals surface area contributed by atoms with Crippen LogP contribution in [0.1, 0.15) is 56.7 Å². The summed E-state index contributed by atoms with van der Waals surface area (Å²) < 4.78 is 2.09. The second-order valence-corrected chi connectivity index (χ2v) is 7.63. The number of hydrogen-bond acceptors (Lipinski definition) is 3. The SMILES string of the molecule is Cn1cccc1C(CNC(=O)C(=O)NCCC1=CCCCC1)N1CCCC1. The molecular formula is C21H32N4O2. The molecule has 1 aromatic rings. The van der Waals surface area contributed by atoms with Crippen molar-refractivity contribution in [1.82, 2.24) is 20.1 Å². The Balaban J connectivity index is 1.47. The Morgan fingerprint density at radius 3 is 2.56 bits per heavy atom. The van der Waals surface area contributed by atoms with Crippen LogP contribution in [0.3, 0.4) is 0 Å². The van der Waals surface area contributed by atoms with Crippen LogP contribution in [0, 0.1) is 0 Å². The van der Waals surface area contributed by atoms with Gasteiger partial charge in [0.2, 0.25) is 0 Å². The summed E-state index contributed by atoms with van der Waals surface area (Å²) in [6, 6.07) is 4.22. The van der Waals surface area contributed by atoms with E-state index in [9.17, 15) is 9.59 Å². The van der Waals surface area contributed by atoms with Gasteiger partial charge in [-0.1, -0.05) is 11.6 Å². The average Bonchev–Trinajstić information content (AvgIpc) is 3.35. The summed E-state index contributed by atoms with van der Waals surface area (Å²) in [7, 11) is 2.02. The molecule has 0 spiro atoms. The van der Waals surface area contributed by atoms with E-state index in [-0.39, 0.29) is 6.04 Å². The van der Waals surface area contributed by atoms with Crippen molar-refractivity contribution >= 4 is 11.8 Å². The predicted molar refractivity (Wildman–Crippen MR) is 106 cm³/mol. The fourth-order valence-electron chi connectivity index (χ4n) is 4.11. The van der Waals surface area contributed by atoms with Crippen LogP contribution in [0.2, 0.25) is 0 Å². The van der Waals surface area contributed by atoms with Crippen molar-refractivity contribution in [1.29, 1.82) is 0 Å². The second-order valence-electron chi connectivity index (χ2n) is 7.63. The van der Waals surface area contributed by atoms with Crippen LogP contribution < -0.4 is 10.6 Å². The molecule has 1 aliphatic heterocycles. The Kier molecular flexibility index (Phi) is 7.10. The number of hydrogen-bond donors (Lipinski definition) is 2. The molecule has 1 aliphatic carbocycles. The zero-order valence-corrected chi connectivity index (χ0v) is 16.4. The van der Waals surface area contributed by atoms with Crippen LogP contribution in [0.15, 0.2) is 30.0 Å². The summed E-state index contributed by atoms with van der Waals surface area (Å²) in [5, 5.41) is 5.60. The van der Waals surface area contributed by atoms with E-state index >= 15 is 0 Å². The van der Waals surface area contributed by atoms with Crippen molar-refractivity contribution in [3.8, 4) is 0 Å². The van der Waals surface area contributed by atoms with Gasteiger partial charge >= 0.3 is 11.8 Å². The van der Waals surface area contributed by atoms with Crippen LogP contribution >= 0.6 is 0 Å². The van der Waals surface area contributed by atoms with Gasteiger partial charge in [0.25, 0.3) is 0 Å². The molecule has 0 radical (unpaired) electrons. The molecule has 1 unspecified atom stereocenters. The van der Waals surface area contributed by atoms with Gasteiger partial charge in [-0.2, -0.15) is 0 Å². The highest BCUT2D eigenvalue weighted by Crippen LogP contribution is 2.24. The lowest BCUT2D eigenvalue weighted by Gasteiger charge is -2.28. The van der Waals surface area contributed by atoms with Gasteiger partial charge in [0.05, 0.1) is 6.04 Å². The van der Waals surface area contributed by atoms with Crippen LogP contribution in [-0.4, -0.2) is 47.5 Å². The molecule has 2 heterocycles. The van der Waals surface area contributed by atoms with Crippen molar-refractivity contribution in [3.63, 3.8) is 0 Å². The fraction of sp³-hybridized carbons (Fsp3) is 0.619. The number of aryl methyl sites for hydroxylation is 1. The van der Waals surface area contributed by atoms with Gasteiger partial charge in [0.1, 0.15) is 0 Å². The molecule has 1 fully saturated rings. The average molecular weight is 373 g/mol. The van der Waals surface area contributed by atoms with Gasteiger partial charge in [-0.15, -0.1) is 0 Å². The van der Waals surface area contributed by atoms with Gasteiger partial charge in [-0.25, -0.2) is 0 Å². The summed E-state index contributed by atoms with van der Waals surface area (Å²) in [4.78, 5) is 26.7. The van der Waals surface area contributed by atoms with E-state index in [4.69, 9.17) is 0 Å². The zero-order valence-electron chi connectivity index (χ0n) is 16.4. The molecular weight excluding hydrogens is 340 g/mol. The first-order valence-corrected chi connectivity index (χ1v) is 10.2. The lowest BCUT2D eigenvalue weighted by atomic mass is 9.97. The predicted octanol–water partition coefficient (Wildman–Crippen LogP) is 2.28. The van der Waals surface area contributed by atoms with Crippen molar-refractivity contribution in [3.05, 3.63) is 35.7 Å². The van der Waals surface area contributed by atoms with Gasteiger partial charge < -0.3 is 15.2 Å². The maximum absolute atomic E-state index is 12.2. The highest BCUT2D eigenvalue weighted by atomic mass is 16.2. The number of nitrogens with one attached hydrogen (secondary N) is 2. The topological polar surface area (TPSA) is 66.4 Å². The number of nitrogens with zero attached hydrogens (tertiary/aromatic N) is 2. The maximum atomic E-state index is 12.2. The van der Waals surface area contributed by atoms with Crippen LogP contribution in [0.4, 0.5) is 0 Å². The third-order valence-electron chi connectivity index (χ3n) is 5.69. The smallest absolute Gasteiger partial charge is 0.309 e. The fourth-order valence-corrected chi connectivity index (χ4v) is 4.11. The molecule has 0 aromatic carbocycles. The van der Waals surface area contributed by atoms with Crippen molar-refractivity contribution in [2.45, 2.75) is 51.0 Å². The van der Waals surface area contributed by atoms with Crippen molar-refractivity contribution in [2.24, 2.45) is 7.05 Å². The lowest BCUT2D eigenvalue weighted by Crippen LogP contribution is -2.44. The molecule has 1 aromatic heterocycles. The van der Waals surface area contributed by atoms with Crippen LogP contribution in [0.25, 0.3) is 0 Å². The number of carbonyl (C=O) groups excluding carboxylic acids is 2. The number of aromatic nitrogens is 1. The zero-order chi connectivity index (χ0) is 19.1. The highest BCUT2D eigenvalue weighted by molar-refractivity contribution is 6.35. The third kappa shape index (κ3) is 5.45. The summed E-state index contributed by atoms with van der Waals surface area (Å²) >= 11 is 0. The number of amides is 2. The number of carbonyl (C=O) groups is 2. The minimum atomic E-state index is -0.536. The van der Waals surface area contributed by atoms with Gasteiger partial charge in [-0.05, 0) is 70.2 Å². The number of allylic oxidation sites excluding steroid dienone is 1. The minimum absolute atomic E-state index is 0.108. The van der Waals surface area contributed by atoms with Crippen molar-refractivity contribution in [2.75, 3.05) is 26.2 Å².